The van der Waals surface area contributed by atoms with E-state index in [9.17, 15) is 22.8 Å². The van der Waals surface area contributed by atoms with Crippen molar-refractivity contribution in [2.75, 3.05) is 0 Å². The van der Waals surface area contributed by atoms with Gasteiger partial charge in [0.05, 0.1) is 17.2 Å². The molecule has 0 saturated carbocycles. The van der Waals surface area contributed by atoms with E-state index >= 15 is 0 Å². The second-order valence-electron chi connectivity index (χ2n) is 6.24. The van der Waals surface area contributed by atoms with Crippen molar-refractivity contribution in [2.45, 2.75) is 26.1 Å². The summed E-state index contributed by atoms with van der Waals surface area (Å²) in [5.41, 5.74) is 1.67. The van der Waals surface area contributed by atoms with Gasteiger partial charge in [-0.15, -0.1) is 0 Å². The van der Waals surface area contributed by atoms with Gasteiger partial charge in [0.25, 0.3) is 11.5 Å². The number of amides is 1. The third-order valence-corrected chi connectivity index (χ3v) is 4.14. The number of carbonyl (C=O) groups is 1. The number of benzene rings is 2. The average Bonchev–Trinajstić information content (AvgIpc) is 2.70. The molecule has 0 aliphatic heterocycles. The predicted molar refractivity (Wildman–Crippen MR) is 103 cm³/mol. The van der Waals surface area contributed by atoms with Crippen LogP contribution in [-0.2, 0) is 12.7 Å². The van der Waals surface area contributed by atoms with Crippen molar-refractivity contribution in [3.63, 3.8) is 0 Å². The first-order valence-electron chi connectivity index (χ1n) is 8.81. The lowest BCUT2D eigenvalue weighted by molar-refractivity contribution is -0.137. The van der Waals surface area contributed by atoms with Gasteiger partial charge in [0.1, 0.15) is 0 Å². The number of aryl methyl sites for hydroxylation is 1. The Morgan fingerprint density at radius 3 is 2.41 bits per heavy atom. The van der Waals surface area contributed by atoms with Crippen LogP contribution in [0.25, 0.3) is 10.8 Å². The van der Waals surface area contributed by atoms with Crippen LogP contribution in [0.3, 0.4) is 0 Å². The summed E-state index contributed by atoms with van der Waals surface area (Å²) in [4.78, 5) is 25.0. The lowest BCUT2D eigenvalue weighted by Gasteiger charge is -2.09. The second kappa shape index (κ2) is 8.26. The highest BCUT2D eigenvalue weighted by Gasteiger charge is 2.29. The standard InChI is InChI=1S/C20H17F3N4O2/c1-2-11-27-19(29)16-6-4-3-5-15(16)17(26-27)18(28)25-24-12-13-7-9-14(10-8-13)20(21,22)23/h3-10,12H,2,11H2,1H3,(H,25,28)/b24-12+. The maximum atomic E-state index is 12.6. The van der Waals surface area contributed by atoms with Crippen molar-refractivity contribution < 1.29 is 18.0 Å². The molecule has 3 rings (SSSR count). The summed E-state index contributed by atoms with van der Waals surface area (Å²) in [6.45, 7) is 2.25. The fourth-order valence-electron chi connectivity index (χ4n) is 2.74. The summed E-state index contributed by atoms with van der Waals surface area (Å²) in [6.07, 6.45) is -2.53. The Bertz CT molecular complexity index is 1120. The average molecular weight is 402 g/mol. The van der Waals surface area contributed by atoms with Gasteiger partial charge in [-0.25, -0.2) is 10.1 Å². The zero-order chi connectivity index (χ0) is 21.0. The molecule has 6 nitrogen and oxygen atoms in total. The Balaban J connectivity index is 1.84. The SMILES string of the molecule is CCCn1nc(C(=O)N/N=C/c2ccc(C(F)(F)F)cc2)c2ccccc2c1=O. The van der Waals surface area contributed by atoms with Crippen molar-refractivity contribution >= 4 is 22.9 Å². The number of aromatic nitrogens is 2. The van der Waals surface area contributed by atoms with Crippen LogP contribution in [0.1, 0.15) is 35.0 Å². The van der Waals surface area contributed by atoms with Crippen molar-refractivity contribution in [1.29, 1.82) is 0 Å². The van der Waals surface area contributed by atoms with Gasteiger partial charge in [0, 0.05) is 11.9 Å². The second-order valence-corrected chi connectivity index (χ2v) is 6.24. The molecule has 0 atom stereocenters. The van der Waals surface area contributed by atoms with Gasteiger partial charge in [-0.3, -0.25) is 9.59 Å². The maximum absolute atomic E-state index is 12.6. The molecule has 9 heteroatoms. The number of rotatable bonds is 5. The molecule has 0 fully saturated rings. The summed E-state index contributed by atoms with van der Waals surface area (Å²) in [7, 11) is 0. The van der Waals surface area contributed by atoms with E-state index in [0.717, 1.165) is 12.1 Å². The minimum atomic E-state index is -4.42. The number of hydrazone groups is 1. The minimum Gasteiger partial charge on any atom is -0.267 e. The Hall–Kier alpha value is -3.49. The van der Waals surface area contributed by atoms with Gasteiger partial charge < -0.3 is 0 Å². The lowest BCUT2D eigenvalue weighted by atomic mass is 10.1. The fraction of sp³-hybridized carbons (Fsp3) is 0.200. The molecule has 150 valence electrons. The van der Waals surface area contributed by atoms with Gasteiger partial charge in [-0.05, 0) is 30.2 Å². The van der Waals surface area contributed by atoms with Crippen molar-refractivity contribution in [2.24, 2.45) is 5.10 Å². The molecule has 0 aliphatic rings. The molecule has 0 aliphatic carbocycles. The van der Waals surface area contributed by atoms with E-state index in [0.29, 0.717) is 29.3 Å². The molecular formula is C20H17F3N4O2. The van der Waals surface area contributed by atoms with Crippen LogP contribution in [0.5, 0.6) is 0 Å². The first-order chi connectivity index (χ1) is 13.8. The Morgan fingerprint density at radius 1 is 1.14 bits per heavy atom. The molecule has 0 radical (unpaired) electrons. The molecule has 29 heavy (non-hydrogen) atoms. The van der Waals surface area contributed by atoms with E-state index in [1.54, 1.807) is 24.3 Å². The number of nitrogens with one attached hydrogen (secondary N) is 1. The zero-order valence-corrected chi connectivity index (χ0v) is 15.4. The molecule has 0 unspecified atom stereocenters. The molecule has 1 amide bonds. The number of nitrogens with zero attached hydrogens (tertiary/aromatic N) is 3. The smallest absolute Gasteiger partial charge is 0.267 e. The Kier molecular flexibility index (Phi) is 5.76. The van der Waals surface area contributed by atoms with E-state index in [2.05, 4.69) is 15.6 Å². The van der Waals surface area contributed by atoms with E-state index in [-0.39, 0.29) is 11.3 Å². The van der Waals surface area contributed by atoms with Crippen molar-refractivity contribution in [3.8, 4) is 0 Å². The number of hydrogen-bond acceptors (Lipinski definition) is 4. The van der Waals surface area contributed by atoms with Crippen LogP contribution >= 0.6 is 0 Å². The number of hydrogen-bond donors (Lipinski definition) is 1. The monoisotopic (exact) mass is 402 g/mol. The Morgan fingerprint density at radius 2 is 1.79 bits per heavy atom. The Labute approximate surface area is 163 Å². The molecule has 1 heterocycles. The quantitative estimate of drug-likeness (QED) is 0.523. The molecular weight excluding hydrogens is 385 g/mol. The van der Waals surface area contributed by atoms with E-state index in [4.69, 9.17) is 0 Å². The highest BCUT2D eigenvalue weighted by atomic mass is 19.4. The van der Waals surface area contributed by atoms with Gasteiger partial charge in [-0.2, -0.15) is 23.4 Å². The fourth-order valence-corrected chi connectivity index (χ4v) is 2.74. The summed E-state index contributed by atoms with van der Waals surface area (Å²) in [5, 5.41) is 8.69. The first kappa shape index (κ1) is 20.2. The molecule has 3 aromatic rings. The molecule has 2 aromatic carbocycles. The summed E-state index contributed by atoms with van der Waals surface area (Å²) < 4.78 is 39.0. The van der Waals surface area contributed by atoms with E-state index in [1.807, 2.05) is 6.92 Å². The number of fused-ring (bicyclic) bond motifs is 1. The summed E-state index contributed by atoms with van der Waals surface area (Å²) in [6, 6.07) is 11.0. The van der Waals surface area contributed by atoms with Crippen LogP contribution in [0.2, 0.25) is 0 Å². The lowest BCUT2D eigenvalue weighted by Crippen LogP contribution is -2.29. The van der Waals surface area contributed by atoms with Gasteiger partial charge in [-0.1, -0.05) is 37.3 Å². The van der Waals surface area contributed by atoms with Crippen LogP contribution in [-0.4, -0.2) is 21.9 Å². The van der Waals surface area contributed by atoms with Crippen molar-refractivity contribution in [3.05, 3.63) is 75.7 Å². The highest BCUT2D eigenvalue weighted by molar-refractivity contribution is 6.04. The van der Waals surface area contributed by atoms with Crippen LogP contribution in [0, 0.1) is 0 Å². The van der Waals surface area contributed by atoms with Crippen LogP contribution in [0.15, 0.2) is 58.4 Å². The van der Waals surface area contributed by atoms with Crippen molar-refractivity contribution in [1.82, 2.24) is 15.2 Å². The number of alkyl halides is 3. The largest absolute Gasteiger partial charge is 0.416 e. The van der Waals surface area contributed by atoms with Crippen LogP contribution in [0.4, 0.5) is 13.2 Å². The van der Waals surface area contributed by atoms with Gasteiger partial charge in [0.2, 0.25) is 0 Å². The normalized spacial score (nSPS) is 11.9. The van der Waals surface area contributed by atoms with Crippen LogP contribution < -0.4 is 11.0 Å². The number of halogens is 3. The summed E-state index contributed by atoms with van der Waals surface area (Å²) in [5.74, 6) is -0.630. The molecule has 0 spiro atoms. The molecule has 1 N–H and O–H groups in total. The molecule has 0 bridgehead atoms. The minimum absolute atomic E-state index is 0.0400. The zero-order valence-electron chi connectivity index (χ0n) is 15.4. The predicted octanol–water partition coefficient (Wildman–Crippen LogP) is 3.59. The van der Waals surface area contributed by atoms with Gasteiger partial charge >= 0.3 is 6.18 Å². The summed E-state index contributed by atoms with van der Waals surface area (Å²) >= 11 is 0. The van der Waals surface area contributed by atoms with Gasteiger partial charge in [0.15, 0.2) is 5.69 Å². The third-order valence-electron chi connectivity index (χ3n) is 4.14. The topological polar surface area (TPSA) is 76.3 Å². The number of carbonyl (C=O) groups excluding carboxylic acids is 1. The molecule has 0 saturated heterocycles. The van der Waals surface area contributed by atoms with E-state index in [1.165, 1.54) is 23.0 Å². The highest BCUT2D eigenvalue weighted by Crippen LogP contribution is 2.28. The third kappa shape index (κ3) is 4.50. The first-order valence-corrected chi connectivity index (χ1v) is 8.81. The maximum Gasteiger partial charge on any atom is 0.416 e. The van der Waals surface area contributed by atoms with E-state index < -0.39 is 17.6 Å². The molecule has 1 aromatic heterocycles.